The molecule has 0 aromatic rings. The first kappa shape index (κ1) is 56.1. The molecule has 2 rings (SSSR count). The molecule has 2 aliphatic rings. The lowest BCUT2D eigenvalue weighted by atomic mass is 9.97. The van der Waals surface area contributed by atoms with Crippen molar-refractivity contribution in [2.45, 2.75) is 274 Å². The van der Waals surface area contributed by atoms with Crippen molar-refractivity contribution in [3.05, 3.63) is 0 Å². The van der Waals surface area contributed by atoms with Crippen LogP contribution in [0.15, 0.2) is 0 Å². The minimum Gasteiger partial charge on any atom is -0.394 e. The van der Waals surface area contributed by atoms with Gasteiger partial charge in [0.15, 0.2) is 12.6 Å². The van der Waals surface area contributed by atoms with Crippen LogP contribution < -0.4 is 5.32 Å². The van der Waals surface area contributed by atoms with Gasteiger partial charge in [-0.15, -0.1) is 0 Å². The summed E-state index contributed by atoms with van der Waals surface area (Å²) in [7, 11) is 0. The first-order valence-corrected chi connectivity index (χ1v) is 24.8. The Hall–Kier alpha value is -1.01. The molecular weight excluding hydrogens is 787 g/mol. The van der Waals surface area contributed by atoms with Crippen LogP contribution in [0.2, 0.25) is 0 Å². The van der Waals surface area contributed by atoms with Crippen molar-refractivity contribution in [3.63, 3.8) is 0 Å². The summed E-state index contributed by atoms with van der Waals surface area (Å²) in [6, 6.07) is -0.819. The molecule has 2 aliphatic heterocycles. The molecule has 12 atom stereocenters. The molecule has 362 valence electrons. The van der Waals surface area contributed by atoms with Crippen LogP contribution in [0, 0.1) is 0 Å². The molecule has 0 aromatic carbocycles. The number of carbonyl (C=O) groups excluding carboxylic acids is 1. The third-order valence-corrected chi connectivity index (χ3v) is 12.6. The van der Waals surface area contributed by atoms with Crippen molar-refractivity contribution in [2.24, 2.45) is 0 Å². The van der Waals surface area contributed by atoms with E-state index in [1.165, 1.54) is 122 Å². The van der Waals surface area contributed by atoms with Gasteiger partial charge in [-0.3, -0.25) is 4.79 Å². The second-order valence-corrected chi connectivity index (χ2v) is 18.0. The lowest BCUT2D eigenvalue weighted by molar-refractivity contribution is -0.359. The van der Waals surface area contributed by atoms with Gasteiger partial charge in [0.25, 0.3) is 0 Å². The van der Waals surface area contributed by atoms with E-state index in [4.69, 9.17) is 18.9 Å². The van der Waals surface area contributed by atoms with Crippen LogP contribution in [0.25, 0.3) is 0 Å². The lowest BCUT2D eigenvalue weighted by Gasteiger charge is -2.46. The molecule has 61 heavy (non-hydrogen) atoms. The number of aliphatic hydroxyl groups excluding tert-OH is 8. The summed E-state index contributed by atoms with van der Waals surface area (Å²) in [6.07, 6.45) is 16.8. The van der Waals surface area contributed by atoms with Crippen LogP contribution in [-0.4, -0.2) is 140 Å². The fourth-order valence-electron chi connectivity index (χ4n) is 8.47. The Labute approximate surface area is 368 Å². The Morgan fingerprint density at radius 1 is 0.525 bits per heavy atom. The van der Waals surface area contributed by atoms with E-state index in [1.807, 2.05) is 0 Å². The number of amides is 1. The van der Waals surface area contributed by atoms with Crippen LogP contribution in [-0.2, 0) is 23.7 Å². The van der Waals surface area contributed by atoms with E-state index in [9.17, 15) is 45.6 Å². The molecule has 1 amide bonds. The SMILES string of the molecule is CCCCCCCCCCCCCCCCCCC(=O)NC(COC1OC(CO)C(OC2OC(CO)C(O)C(O)C2O)C(O)C1O)C(O)CCCCCCCCCCCCC. The highest BCUT2D eigenvalue weighted by molar-refractivity contribution is 5.76. The molecule has 0 radical (unpaired) electrons. The Kier molecular flexibility index (Phi) is 32.5. The minimum atomic E-state index is -1.78. The normalized spacial score (nSPS) is 27.9. The van der Waals surface area contributed by atoms with Crippen molar-refractivity contribution >= 4 is 5.91 Å². The molecule has 2 saturated heterocycles. The summed E-state index contributed by atoms with van der Waals surface area (Å²) >= 11 is 0. The molecule has 2 fully saturated rings. The zero-order valence-electron chi connectivity index (χ0n) is 38.2. The molecule has 12 unspecified atom stereocenters. The molecule has 9 N–H and O–H groups in total. The van der Waals surface area contributed by atoms with Crippen molar-refractivity contribution in [1.82, 2.24) is 5.32 Å². The van der Waals surface area contributed by atoms with Gasteiger partial charge in [0, 0.05) is 6.42 Å². The number of unbranched alkanes of at least 4 members (excludes halogenated alkanes) is 25. The topological polar surface area (TPSA) is 228 Å². The predicted molar refractivity (Wildman–Crippen MR) is 236 cm³/mol. The van der Waals surface area contributed by atoms with E-state index in [-0.39, 0.29) is 12.5 Å². The van der Waals surface area contributed by atoms with Crippen LogP contribution in [0.1, 0.15) is 200 Å². The lowest BCUT2D eigenvalue weighted by Crippen LogP contribution is -2.65. The summed E-state index contributed by atoms with van der Waals surface area (Å²) in [5, 5.41) is 86.7. The second kappa shape index (κ2) is 35.3. The first-order chi connectivity index (χ1) is 29.6. The van der Waals surface area contributed by atoms with Crippen LogP contribution in [0.4, 0.5) is 0 Å². The van der Waals surface area contributed by atoms with Gasteiger partial charge in [-0.2, -0.15) is 0 Å². The van der Waals surface area contributed by atoms with Gasteiger partial charge in [0.1, 0.15) is 48.8 Å². The Morgan fingerprint density at radius 3 is 1.39 bits per heavy atom. The highest BCUT2D eigenvalue weighted by Crippen LogP contribution is 2.30. The highest BCUT2D eigenvalue weighted by atomic mass is 16.7. The van der Waals surface area contributed by atoms with E-state index in [2.05, 4.69) is 19.2 Å². The Morgan fingerprint density at radius 2 is 0.934 bits per heavy atom. The van der Waals surface area contributed by atoms with Gasteiger partial charge >= 0.3 is 0 Å². The van der Waals surface area contributed by atoms with Gasteiger partial charge in [-0.25, -0.2) is 0 Å². The summed E-state index contributed by atoms with van der Waals surface area (Å²) in [4.78, 5) is 13.1. The smallest absolute Gasteiger partial charge is 0.220 e. The number of rotatable bonds is 38. The maximum atomic E-state index is 13.1. The first-order valence-electron chi connectivity index (χ1n) is 24.8. The maximum absolute atomic E-state index is 13.1. The van der Waals surface area contributed by atoms with Gasteiger partial charge in [-0.1, -0.05) is 181 Å². The van der Waals surface area contributed by atoms with Crippen LogP contribution in [0.5, 0.6) is 0 Å². The molecule has 2 heterocycles. The number of aliphatic hydroxyl groups is 8. The Bertz CT molecular complexity index is 1040. The van der Waals surface area contributed by atoms with E-state index < -0.39 is 86.8 Å². The summed E-state index contributed by atoms with van der Waals surface area (Å²) in [5.74, 6) is -0.205. The van der Waals surface area contributed by atoms with Crippen LogP contribution in [0.3, 0.4) is 0 Å². The van der Waals surface area contributed by atoms with Gasteiger partial charge in [0.05, 0.1) is 32.0 Å². The molecule has 14 nitrogen and oxygen atoms in total. The van der Waals surface area contributed by atoms with E-state index >= 15 is 0 Å². The Balaban J connectivity index is 1.83. The predicted octanol–water partition coefficient (Wildman–Crippen LogP) is 5.83. The largest absolute Gasteiger partial charge is 0.394 e. The molecule has 0 aromatic heterocycles. The van der Waals surface area contributed by atoms with E-state index in [0.29, 0.717) is 12.8 Å². The minimum absolute atomic E-state index is 0.205. The molecule has 14 heteroatoms. The monoisotopic (exact) mass is 878 g/mol. The number of hydrogen-bond donors (Lipinski definition) is 9. The number of nitrogens with one attached hydrogen (secondary N) is 1. The molecule has 0 saturated carbocycles. The fraction of sp³-hybridized carbons (Fsp3) is 0.979. The molecular formula is C47H91NO13. The third kappa shape index (κ3) is 23.1. The number of ether oxygens (including phenoxy) is 4. The summed E-state index contributed by atoms with van der Waals surface area (Å²) in [6.45, 7) is 2.84. The van der Waals surface area contributed by atoms with Crippen molar-refractivity contribution in [2.75, 3.05) is 19.8 Å². The zero-order chi connectivity index (χ0) is 44.7. The number of carbonyl (C=O) groups is 1. The fourth-order valence-corrected chi connectivity index (χ4v) is 8.47. The standard InChI is InChI=1S/C47H91NO13/c1-3-5-7-9-11-13-15-16-17-18-19-21-23-25-27-29-31-39(52)48-35(36(51)30-28-26-24-22-20-14-12-10-8-6-4-2)34-58-46-44(57)42(55)45(38(33-50)60-46)61-47-43(56)41(54)40(53)37(32-49)59-47/h35-38,40-47,49-51,53-57H,3-34H2,1-2H3,(H,48,52). The second-order valence-electron chi connectivity index (χ2n) is 18.0. The molecule has 0 aliphatic carbocycles. The van der Waals surface area contributed by atoms with Crippen molar-refractivity contribution in [3.8, 4) is 0 Å². The summed E-state index contributed by atoms with van der Waals surface area (Å²) < 4.78 is 22.7. The average Bonchev–Trinajstić information content (AvgIpc) is 3.26. The van der Waals surface area contributed by atoms with E-state index in [1.54, 1.807) is 0 Å². The zero-order valence-corrected chi connectivity index (χ0v) is 38.2. The van der Waals surface area contributed by atoms with Gasteiger partial charge < -0.3 is 65.1 Å². The van der Waals surface area contributed by atoms with Gasteiger partial charge in [-0.05, 0) is 12.8 Å². The average molecular weight is 878 g/mol. The maximum Gasteiger partial charge on any atom is 0.220 e. The molecule has 0 bridgehead atoms. The highest BCUT2D eigenvalue weighted by Gasteiger charge is 2.51. The number of hydrogen-bond acceptors (Lipinski definition) is 13. The molecule has 0 spiro atoms. The third-order valence-electron chi connectivity index (χ3n) is 12.6. The van der Waals surface area contributed by atoms with Crippen molar-refractivity contribution in [1.29, 1.82) is 0 Å². The van der Waals surface area contributed by atoms with Crippen molar-refractivity contribution < 1.29 is 64.6 Å². The summed E-state index contributed by atoms with van der Waals surface area (Å²) in [5.41, 5.74) is 0. The van der Waals surface area contributed by atoms with Gasteiger partial charge in [0.2, 0.25) is 5.91 Å². The quantitative estimate of drug-likeness (QED) is 0.0334. The van der Waals surface area contributed by atoms with Crippen LogP contribution >= 0.6 is 0 Å². The van der Waals surface area contributed by atoms with E-state index in [0.717, 1.165) is 51.4 Å².